The Hall–Kier alpha value is -3.26. The molecule has 1 aliphatic rings. The van der Waals surface area contributed by atoms with Gasteiger partial charge in [-0.15, -0.1) is 0 Å². The average molecular weight is 404 g/mol. The van der Waals surface area contributed by atoms with Gasteiger partial charge in [-0.3, -0.25) is 14.4 Å². The Balaban J connectivity index is 1.48. The lowest BCUT2D eigenvalue weighted by Crippen LogP contribution is -2.41. The van der Waals surface area contributed by atoms with Gasteiger partial charge in [0.05, 0.1) is 23.8 Å². The number of amides is 3. The van der Waals surface area contributed by atoms with Crippen molar-refractivity contribution >= 4 is 35.0 Å². The van der Waals surface area contributed by atoms with E-state index in [0.717, 1.165) is 0 Å². The molecule has 0 saturated heterocycles. The lowest BCUT2D eigenvalue weighted by molar-refractivity contribution is -0.132. The third-order valence-corrected chi connectivity index (χ3v) is 4.32. The van der Waals surface area contributed by atoms with Crippen molar-refractivity contribution in [2.45, 2.75) is 0 Å². The number of halogens is 1. The fourth-order valence-corrected chi connectivity index (χ4v) is 2.67. The van der Waals surface area contributed by atoms with E-state index in [1.54, 1.807) is 42.5 Å². The number of hydrogen-bond donors (Lipinski definition) is 2. The van der Waals surface area contributed by atoms with Gasteiger partial charge in [0.25, 0.3) is 5.91 Å². The number of nitrogens with zero attached hydrogens (tertiary/aromatic N) is 1. The number of fused-ring (bicyclic) bond motifs is 1. The van der Waals surface area contributed by atoms with Crippen LogP contribution in [0, 0.1) is 0 Å². The number of carbonyl (C=O) groups is 3. The van der Waals surface area contributed by atoms with Crippen LogP contribution in [0.2, 0.25) is 5.02 Å². The quantitative estimate of drug-likeness (QED) is 0.767. The molecule has 1 heterocycles. The maximum atomic E-state index is 12.2. The van der Waals surface area contributed by atoms with Gasteiger partial charge in [0.2, 0.25) is 18.6 Å². The van der Waals surface area contributed by atoms with Crippen molar-refractivity contribution in [2.75, 3.05) is 32.2 Å². The van der Waals surface area contributed by atoms with Gasteiger partial charge in [0.15, 0.2) is 11.5 Å². The zero-order chi connectivity index (χ0) is 20.1. The first kappa shape index (κ1) is 19.5. The molecule has 9 heteroatoms. The molecule has 8 nitrogen and oxygen atoms in total. The normalized spacial score (nSPS) is 11.6. The first-order chi connectivity index (χ1) is 13.4. The van der Waals surface area contributed by atoms with Crippen LogP contribution >= 0.6 is 11.6 Å². The third-order valence-electron chi connectivity index (χ3n) is 3.99. The molecule has 28 heavy (non-hydrogen) atoms. The summed E-state index contributed by atoms with van der Waals surface area (Å²) in [7, 11) is 1.47. The highest BCUT2D eigenvalue weighted by Gasteiger charge is 2.18. The highest BCUT2D eigenvalue weighted by Crippen LogP contribution is 2.32. The van der Waals surface area contributed by atoms with E-state index in [1.165, 1.54) is 11.9 Å². The van der Waals surface area contributed by atoms with Gasteiger partial charge in [-0.2, -0.15) is 0 Å². The Morgan fingerprint density at radius 3 is 2.64 bits per heavy atom. The van der Waals surface area contributed by atoms with Crippen LogP contribution in [0.5, 0.6) is 11.5 Å². The monoisotopic (exact) mass is 403 g/mol. The lowest BCUT2D eigenvalue weighted by Gasteiger charge is -2.17. The van der Waals surface area contributed by atoms with Crippen LogP contribution in [-0.2, 0) is 9.59 Å². The molecule has 0 radical (unpaired) electrons. The van der Waals surface area contributed by atoms with E-state index in [-0.39, 0.29) is 19.9 Å². The molecule has 0 aliphatic carbocycles. The van der Waals surface area contributed by atoms with Gasteiger partial charge in [-0.05, 0) is 30.3 Å². The summed E-state index contributed by atoms with van der Waals surface area (Å²) in [4.78, 5) is 37.7. The van der Waals surface area contributed by atoms with Crippen LogP contribution in [0.1, 0.15) is 10.4 Å². The van der Waals surface area contributed by atoms with Crippen molar-refractivity contribution in [2.24, 2.45) is 0 Å². The molecular weight excluding hydrogens is 386 g/mol. The smallest absolute Gasteiger partial charge is 0.251 e. The Morgan fingerprint density at radius 2 is 1.86 bits per heavy atom. The molecule has 0 unspecified atom stereocenters. The molecule has 0 fully saturated rings. The summed E-state index contributed by atoms with van der Waals surface area (Å²) in [6, 6.07) is 11.5. The Labute approximate surface area is 166 Å². The predicted molar refractivity (Wildman–Crippen MR) is 103 cm³/mol. The van der Waals surface area contributed by atoms with Crippen molar-refractivity contribution in [3.05, 3.63) is 53.1 Å². The largest absolute Gasteiger partial charge is 0.454 e. The van der Waals surface area contributed by atoms with Gasteiger partial charge in [0.1, 0.15) is 0 Å². The van der Waals surface area contributed by atoms with Crippen molar-refractivity contribution in [1.82, 2.24) is 10.2 Å². The second-order valence-electron chi connectivity index (χ2n) is 6.03. The molecule has 146 valence electrons. The number of nitrogens with one attached hydrogen (secondary N) is 2. The zero-order valence-electron chi connectivity index (χ0n) is 15.0. The number of para-hydroxylation sites is 1. The van der Waals surface area contributed by atoms with Crippen LogP contribution in [0.3, 0.4) is 0 Å². The molecule has 3 rings (SSSR count). The fraction of sp³-hybridized carbons (Fsp3) is 0.211. The van der Waals surface area contributed by atoms with Gasteiger partial charge in [-0.1, -0.05) is 23.7 Å². The molecule has 2 N–H and O–H groups in total. The molecule has 2 aromatic rings. The molecule has 0 saturated carbocycles. The van der Waals surface area contributed by atoms with Crippen molar-refractivity contribution < 1.29 is 23.9 Å². The summed E-state index contributed by atoms with van der Waals surface area (Å²) < 4.78 is 10.4. The van der Waals surface area contributed by atoms with E-state index >= 15 is 0 Å². The van der Waals surface area contributed by atoms with E-state index in [9.17, 15) is 14.4 Å². The summed E-state index contributed by atoms with van der Waals surface area (Å²) in [6.07, 6.45) is 0. The Kier molecular flexibility index (Phi) is 6.00. The predicted octanol–water partition coefficient (Wildman–Crippen LogP) is 1.90. The van der Waals surface area contributed by atoms with Crippen LogP contribution in [0.15, 0.2) is 42.5 Å². The SMILES string of the molecule is CN(CC(=O)Nc1ccccc1Cl)C(=O)CNC(=O)c1ccc2c(c1)OCO2. The topological polar surface area (TPSA) is 97.0 Å². The summed E-state index contributed by atoms with van der Waals surface area (Å²) in [5.41, 5.74) is 0.808. The number of anilines is 1. The fourth-order valence-electron chi connectivity index (χ4n) is 2.49. The third kappa shape index (κ3) is 4.72. The number of rotatable bonds is 6. The molecule has 3 amide bonds. The number of carbonyl (C=O) groups excluding carboxylic acids is 3. The lowest BCUT2D eigenvalue weighted by atomic mass is 10.2. The average Bonchev–Trinajstić information content (AvgIpc) is 3.15. The summed E-state index contributed by atoms with van der Waals surface area (Å²) in [6.45, 7) is -0.312. The molecule has 0 bridgehead atoms. The van der Waals surface area contributed by atoms with Crippen molar-refractivity contribution in [3.63, 3.8) is 0 Å². The van der Waals surface area contributed by atoms with E-state index in [4.69, 9.17) is 21.1 Å². The van der Waals surface area contributed by atoms with Crippen molar-refractivity contribution in [1.29, 1.82) is 0 Å². The molecule has 1 aliphatic heterocycles. The maximum absolute atomic E-state index is 12.2. The first-order valence-electron chi connectivity index (χ1n) is 8.40. The minimum Gasteiger partial charge on any atom is -0.454 e. The summed E-state index contributed by atoms with van der Waals surface area (Å²) in [5, 5.41) is 5.56. The van der Waals surface area contributed by atoms with E-state index in [0.29, 0.717) is 27.8 Å². The van der Waals surface area contributed by atoms with Gasteiger partial charge < -0.3 is 25.0 Å². The standard InChI is InChI=1S/C19H18ClN3O5/c1-23(10-17(24)22-14-5-3-2-4-13(14)20)18(25)9-21-19(26)12-6-7-15-16(8-12)28-11-27-15/h2-8H,9-11H2,1H3,(H,21,26)(H,22,24). The Morgan fingerprint density at radius 1 is 1.11 bits per heavy atom. The summed E-state index contributed by atoms with van der Waals surface area (Å²) in [5.74, 6) is -0.195. The maximum Gasteiger partial charge on any atom is 0.251 e. The second-order valence-corrected chi connectivity index (χ2v) is 6.44. The first-order valence-corrected chi connectivity index (χ1v) is 8.78. The molecule has 0 atom stereocenters. The second kappa shape index (κ2) is 8.62. The Bertz CT molecular complexity index is 918. The minimum absolute atomic E-state index is 0.111. The highest BCUT2D eigenvalue weighted by atomic mass is 35.5. The van der Waals surface area contributed by atoms with Gasteiger partial charge in [0, 0.05) is 12.6 Å². The minimum atomic E-state index is -0.430. The van der Waals surface area contributed by atoms with Crippen LogP contribution in [-0.4, -0.2) is 49.6 Å². The molecular formula is C19H18ClN3O5. The van der Waals surface area contributed by atoms with Crippen LogP contribution in [0.4, 0.5) is 5.69 Å². The van der Waals surface area contributed by atoms with E-state index < -0.39 is 17.7 Å². The van der Waals surface area contributed by atoms with Crippen LogP contribution < -0.4 is 20.1 Å². The zero-order valence-corrected chi connectivity index (χ0v) is 15.8. The number of likely N-dealkylation sites (N-methyl/N-ethyl adjacent to an activating group) is 1. The molecule has 2 aromatic carbocycles. The van der Waals surface area contributed by atoms with E-state index in [1.807, 2.05) is 0 Å². The number of hydrogen-bond acceptors (Lipinski definition) is 5. The number of benzene rings is 2. The van der Waals surface area contributed by atoms with Gasteiger partial charge in [-0.25, -0.2) is 0 Å². The molecule has 0 spiro atoms. The van der Waals surface area contributed by atoms with E-state index in [2.05, 4.69) is 10.6 Å². The summed E-state index contributed by atoms with van der Waals surface area (Å²) >= 11 is 5.99. The highest BCUT2D eigenvalue weighted by molar-refractivity contribution is 6.33. The van der Waals surface area contributed by atoms with Crippen LogP contribution in [0.25, 0.3) is 0 Å². The van der Waals surface area contributed by atoms with Gasteiger partial charge >= 0.3 is 0 Å². The molecule has 0 aromatic heterocycles. The number of ether oxygens (including phenoxy) is 2. The van der Waals surface area contributed by atoms with Crippen molar-refractivity contribution in [3.8, 4) is 11.5 Å².